The summed E-state index contributed by atoms with van der Waals surface area (Å²) in [6.45, 7) is 2.55. The molecule has 0 saturated carbocycles. The van der Waals surface area contributed by atoms with E-state index in [0.29, 0.717) is 6.61 Å². The average molecular weight is 344 g/mol. The molecule has 0 amide bonds. The van der Waals surface area contributed by atoms with Gasteiger partial charge in [-0.25, -0.2) is 9.97 Å². The Morgan fingerprint density at radius 1 is 1.12 bits per heavy atom. The van der Waals surface area contributed by atoms with Crippen LogP contribution in [0, 0.1) is 0 Å². The SMILES string of the molecule is CCOC1Oc2cc3c(cc2-c2nc(-c4ccccc4)ncc21)CCC3. The van der Waals surface area contributed by atoms with Crippen LogP contribution >= 0.6 is 0 Å². The maximum Gasteiger partial charge on any atom is 0.230 e. The molecule has 130 valence electrons. The van der Waals surface area contributed by atoms with Crippen molar-refractivity contribution in [3.8, 4) is 28.4 Å². The summed E-state index contributed by atoms with van der Waals surface area (Å²) in [6, 6.07) is 14.5. The Hall–Kier alpha value is -2.72. The van der Waals surface area contributed by atoms with E-state index >= 15 is 0 Å². The lowest BCUT2D eigenvalue weighted by Gasteiger charge is -2.28. The fourth-order valence-electron chi connectivity index (χ4n) is 3.84. The average Bonchev–Trinajstić information content (AvgIpc) is 3.14. The first-order chi connectivity index (χ1) is 12.8. The number of ether oxygens (including phenoxy) is 2. The number of nitrogens with zero attached hydrogens (tertiary/aromatic N) is 2. The Morgan fingerprint density at radius 2 is 1.92 bits per heavy atom. The molecule has 0 fully saturated rings. The summed E-state index contributed by atoms with van der Waals surface area (Å²) in [6.07, 6.45) is 4.85. The zero-order valence-electron chi connectivity index (χ0n) is 14.7. The predicted octanol–water partition coefficient (Wildman–Crippen LogP) is 4.73. The van der Waals surface area contributed by atoms with Crippen LogP contribution in [0.3, 0.4) is 0 Å². The van der Waals surface area contributed by atoms with E-state index in [9.17, 15) is 0 Å². The molecule has 0 spiro atoms. The van der Waals surface area contributed by atoms with Crippen LogP contribution in [0.5, 0.6) is 5.75 Å². The minimum Gasteiger partial charge on any atom is -0.460 e. The third-order valence-electron chi connectivity index (χ3n) is 5.10. The molecule has 5 rings (SSSR count). The van der Waals surface area contributed by atoms with Gasteiger partial charge in [0, 0.05) is 23.9 Å². The van der Waals surface area contributed by atoms with Gasteiger partial charge in [0.15, 0.2) is 5.82 Å². The van der Waals surface area contributed by atoms with Crippen LogP contribution < -0.4 is 4.74 Å². The third-order valence-corrected chi connectivity index (χ3v) is 5.10. The summed E-state index contributed by atoms with van der Waals surface area (Å²) >= 11 is 0. The van der Waals surface area contributed by atoms with E-state index in [1.165, 1.54) is 17.5 Å². The van der Waals surface area contributed by atoms with Gasteiger partial charge in [-0.15, -0.1) is 0 Å². The number of hydrogen-bond acceptors (Lipinski definition) is 4. The second-order valence-corrected chi connectivity index (χ2v) is 6.74. The largest absolute Gasteiger partial charge is 0.460 e. The maximum atomic E-state index is 6.17. The van der Waals surface area contributed by atoms with Gasteiger partial charge >= 0.3 is 0 Å². The van der Waals surface area contributed by atoms with E-state index in [-0.39, 0.29) is 0 Å². The van der Waals surface area contributed by atoms with Gasteiger partial charge in [-0.2, -0.15) is 0 Å². The molecule has 2 aromatic carbocycles. The predicted molar refractivity (Wildman–Crippen MR) is 99.9 cm³/mol. The highest BCUT2D eigenvalue weighted by Crippen LogP contribution is 2.44. The van der Waals surface area contributed by atoms with Crippen molar-refractivity contribution in [3.05, 3.63) is 65.4 Å². The van der Waals surface area contributed by atoms with E-state index in [2.05, 4.69) is 17.1 Å². The van der Waals surface area contributed by atoms with Crippen LogP contribution in [0.2, 0.25) is 0 Å². The first kappa shape index (κ1) is 15.5. The molecule has 2 heterocycles. The van der Waals surface area contributed by atoms with E-state index < -0.39 is 6.29 Å². The standard InChI is InChI=1S/C22H20N2O2/c1-2-25-22-18-13-23-21(14-7-4-3-5-8-14)24-20(18)17-11-15-9-6-10-16(15)12-19(17)26-22/h3-5,7-8,11-13,22H,2,6,9-10H2,1H3. The Balaban J connectivity index is 1.69. The molecule has 4 heteroatoms. The molecule has 2 aliphatic rings. The lowest BCUT2D eigenvalue weighted by molar-refractivity contribution is -0.0805. The van der Waals surface area contributed by atoms with Gasteiger partial charge < -0.3 is 9.47 Å². The van der Waals surface area contributed by atoms with Crippen LogP contribution in [-0.2, 0) is 17.6 Å². The second-order valence-electron chi connectivity index (χ2n) is 6.74. The minimum absolute atomic E-state index is 0.452. The summed E-state index contributed by atoms with van der Waals surface area (Å²) < 4.78 is 12.0. The molecule has 1 atom stereocenters. The van der Waals surface area contributed by atoms with Crippen molar-refractivity contribution in [3.63, 3.8) is 0 Å². The quantitative estimate of drug-likeness (QED) is 0.689. The fraction of sp³-hybridized carbons (Fsp3) is 0.273. The highest BCUT2D eigenvalue weighted by atomic mass is 16.7. The van der Waals surface area contributed by atoms with Crippen molar-refractivity contribution in [1.29, 1.82) is 0 Å². The van der Waals surface area contributed by atoms with Crippen LogP contribution in [0.4, 0.5) is 0 Å². The zero-order chi connectivity index (χ0) is 17.5. The van der Waals surface area contributed by atoms with Gasteiger partial charge in [0.1, 0.15) is 5.75 Å². The topological polar surface area (TPSA) is 44.2 Å². The number of benzene rings is 2. The third kappa shape index (κ3) is 2.49. The van der Waals surface area contributed by atoms with Gasteiger partial charge in [-0.3, -0.25) is 0 Å². The molecule has 1 aliphatic heterocycles. The van der Waals surface area contributed by atoms with Crippen LogP contribution in [0.15, 0.2) is 48.7 Å². The Bertz CT molecular complexity index is 969. The monoisotopic (exact) mass is 344 g/mol. The molecule has 1 aromatic heterocycles. The van der Waals surface area contributed by atoms with Gasteiger partial charge in [0.2, 0.25) is 6.29 Å². The summed E-state index contributed by atoms with van der Waals surface area (Å²) in [5.41, 5.74) is 6.69. The molecular formula is C22H20N2O2. The smallest absolute Gasteiger partial charge is 0.230 e. The van der Waals surface area contributed by atoms with Gasteiger partial charge in [0.05, 0.1) is 11.3 Å². The van der Waals surface area contributed by atoms with E-state index in [1.807, 2.05) is 43.5 Å². The van der Waals surface area contributed by atoms with E-state index in [0.717, 1.165) is 46.8 Å². The van der Waals surface area contributed by atoms with Gasteiger partial charge in [-0.05, 0) is 49.4 Å². The minimum atomic E-state index is -0.452. The van der Waals surface area contributed by atoms with Crippen molar-refractivity contribution < 1.29 is 9.47 Å². The number of rotatable bonds is 3. The molecule has 0 bridgehead atoms. The Kier molecular flexibility index (Phi) is 3.71. The summed E-state index contributed by atoms with van der Waals surface area (Å²) in [5, 5.41) is 0. The second kappa shape index (κ2) is 6.22. The van der Waals surface area contributed by atoms with E-state index in [1.54, 1.807) is 0 Å². The summed E-state index contributed by atoms with van der Waals surface area (Å²) in [4.78, 5) is 9.48. The first-order valence-electron chi connectivity index (χ1n) is 9.20. The molecule has 0 saturated heterocycles. The molecule has 1 aliphatic carbocycles. The number of aryl methyl sites for hydroxylation is 2. The fourth-order valence-corrected chi connectivity index (χ4v) is 3.84. The molecule has 0 N–H and O–H groups in total. The van der Waals surface area contributed by atoms with Crippen molar-refractivity contribution in [2.24, 2.45) is 0 Å². The molecular weight excluding hydrogens is 324 g/mol. The zero-order valence-corrected chi connectivity index (χ0v) is 14.7. The van der Waals surface area contributed by atoms with Crippen molar-refractivity contribution in [1.82, 2.24) is 9.97 Å². The highest BCUT2D eigenvalue weighted by Gasteiger charge is 2.30. The molecule has 3 aromatic rings. The highest BCUT2D eigenvalue weighted by molar-refractivity contribution is 5.75. The van der Waals surface area contributed by atoms with Gasteiger partial charge in [0.25, 0.3) is 0 Å². The van der Waals surface area contributed by atoms with E-state index in [4.69, 9.17) is 14.5 Å². The Morgan fingerprint density at radius 3 is 2.73 bits per heavy atom. The van der Waals surface area contributed by atoms with Gasteiger partial charge in [-0.1, -0.05) is 30.3 Å². The maximum absolute atomic E-state index is 6.17. The summed E-state index contributed by atoms with van der Waals surface area (Å²) in [7, 11) is 0. The number of aromatic nitrogens is 2. The summed E-state index contributed by atoms with van der Waals surface area (Å²) in [5.74, 6) is 1.60. The van der Waals surface area contributed by atoms with Crippen LogP contribution in [0.1, 0.15) is 36.3 Å². The van der Waals surface area contributed by atoms with Crippen molar-refractivity contribution in [2.45, 2.75) is 32.5 Å². The molecule has 26 heavy (non-hydrogen) atoms. The van der Waals surface area contributed by atoms with Crippen molar-refractivity contribution in [2.75, 3.05) is 6.61 Å². The number of fused-ring (bicyclic) bond motifs is 4. The molecule has 4 nitrogen and oxygen atoms in total. The number of hydrogen-bond donors (Lipinski definition) is 0. The molecule has 0 radical (unpaired) electrons. The lowest BCUT2D eigenvalue weighted by Crippen LogP contribution is -2.19. The van der Waals surface area contributed by atoms with Crippen LogP contribution in [0.25, 0.3) is 22.6 Å². The molecule has 1 unspecified atom stereocenters. The van der Waals surface area contributed by atoms with Crippen molar-refractivity contribution >= 4 is 0 Å². The lowest BCUT2D eigenvalue weighted by atomic mass is 9.98. The normalized spacial score (nSPS) is 17.2. The van der Waals surface area contributed by atoms with Crippen LogP contribution in [-0.4, -0.2) is 16.6 Å². The Labute approximate surface area is 152 Å². The first-order valence-corrected chi connectivity index (χ1v) is 9.20.